The summed E-state index contributed by atoms with van der Waals surface area (Å²) in [6.45, 7) is 3.80. The number of aliphatic hydroxyl groups is 1. The number of aliphatic carboxylic acids is 2. The fourth-order valence-electron chi connectivity index (χ4n) is 4.64. The molecule has 0 aliphatic heterocycles. The number of aryl methyl sites for hydroxylation is 1. The lowest BCUT2D eigenvalue weighted by Gasteiger charge is -2.20. The van der Waals surface area contributed by atoms with Gasteiger partial charge in [0.05, 0.1) is 18.1 Å². The molecule has 0 unspecified atom stereocenters. The minimum Gasteiger partial charge on any atom is -0.550 e. The van der Waals surface area contributed by atoms with Crippen LogP contribution in [0.15, 0.2) is 127 Å². The van der Waals surface area contributed by atoms with E-state index in [-0.39, 0.29) is 23.8 Å². The number of benzene rings is 5. The summed E-state index contributed by atoms with van der Waals surface area (Å²) in [7, 11) is 0. The Kier molecular flexibility index (Phi) is 13.8. The van der Waals surface area contributed by atoms with Crippen molar-refractivity contribution >= 4 is 28.6 Å². The van der Waals surface area contributed by atoms with Crippen molar-refractivity contribution in [1.82, 2.24) is 5.32 Å². The highest BCUT2D eigenvalue weighted by molar-refractivity contribution is 6.00. The zero-order chi connectivity index (χ0) is 34.3. The van der Waals surface area contributed by atoms with E-state index < -0.39 is 30.3 Å². The molecule has 0 saturated heterocycles. The molecule has 0 spiro atoms. The second-order valence-corrected chi connectivity index (χ2v) is 11.1. The summed E-state index contributed by atoms with van der Waals surface area (Å²) in [4.78, 5) is 33.2. The van der Waals surface area contributed by atoms with Gasteiger partial charge >= 0.3 is 0 Å². The first-order valence-corrected chi connectivity index (χ1v) is 15.2. The molecule has 244 valence electrons. The molecular weight excluding hydrogens is 594 g/mol. The van der Waals surface area contributed by atoms with Crippen molar-refractivity contribution in [3.8, 4) is 0 Å². The van der Waals surface area contributed by atoms with Gasteiger partial charge in [-0.05, 0) is 42.3 Å². The van der Waals surface area contributed by atoms with Gasteiger partial charge in [-0.15, -0.1) is 0 Å². The van der Waals surface area contributed by atoms with Crippen LogP contribution in [-0.2, 0) is 9.59 Å². The number of hydrogen-bond donors (Lipinski definition) is 4. The van der Waals surface area contributed by atoms with E-state index in [1.165, 1.54) is 22.8 Å². The molecule has 47 heavy (non-hydrogen) atoms. The molecule has 0 bridgehead atoms. The van der Waals surface area contributed by atoms with Crippen LogP contribution in [0.5, 0.6) is 0 Å². The number of quaternary nitrogens is 2. The van der Waals surface area contributed by atoms with Gasteiger partial charge in [0.1, 0.15) is 0 Å². The monoisotopic (exact) mass is 635 g/mol. The molecule has 5 rings (SSSR count). The molecule has 8 N–H and O–H groups in total. The number of nitrogens with one attached hydrogen (secondary N) is 1. The fraction of sp³-hybridized carbons (Fsp3) is 0.184. The molecule has 9 nitrogen and oxygen atoms in total. The molecule has 0 aliphatic rings. The van der Waals surface area contributed by atoms with E-state index in [4.69, 9.17) is 5.11 Å². The highest BCUT2D eigenvalue weighted by Gasteiger charge is 2.23. The number of aliphatic hydroxyl groups excluding tert-OH is 1. The molecule has 0 aliphatic carbocycles. The highest BCUT2D eigenvalue weighted by atomic mass is 16.4. The van der Waals surface area contributed by atoms with Crippen molar-refractivity contribution in [2.75, 3.05) is 0 Å². The highest BCUT2D eigenvalue weighted by Crippen LogP contribution is 2.21. The van der Waals surface area contributed by atoms with Gasteiger partial charge in [0.15, 0.2) is 12.1 Å². The van der Waals surface area contributed by atoms with Crippen LogP contribution in [0.1, 0.15) is 64.1 Å². The quantitative estimate of drug-likeness (QED) is 0.191. The molecule has 0 heterocycles. The average molecular weight is 636 g/mol. The van der Waals surface area contributed by atoms with Crippen molar-refractivity contribution < 1.29 is 41.2 Å². The second-order valence-electron chi connectivity index (χ2n) is 11.1. The lowest BCUT2D eigenvalue weighted by Crippen LogP contribution is -2.68. The van der Waals surface area contributed by atoms with E-state index in [9.17, 15) is 24.6 Å². The summed E-state index contributed by atoms with van der Waals surface area (Å²) in [6.07, 6.45) is -1.19. The predicted octanol–water partition coefficient (Wildman–Crippen LogP) is 1.83. The fourth-order valence-corrected chi connectivity index (χ4v) is 4.64. The molecule has 0 radical (unpaired) electrons. The van der Waals surface area contributed by atoms with Crippen molar-refractivity contribution in [3.63, 3.8) is 0 Å². The van der Waals surface area contributed by atoms with Crippen LogP contribution < -0.4 is 27.0 Å². The van der Waals surface area contributed by atoms with Crippen LogP contribution in [0.4, 0.5) is 0 Å². The lowest BCUT2D eigenvalue weighted by atomic mass is 9.95. The van der Waals surface area contributed by atoms with Gasteiger partial charge in [0, 0.05) is 29.1 Å². The van der Waals surface area contributed by atoms with Gasteiger partial charge in [-0.2, -0.15) is 0 Å². The van der Waals surface area contributed by atoms with Crippen LogP contribution >= 0.6 is 0 Å². The summed E-state index contributed by atoms with van der Waals surface area (Å²) in [6, 6.07) is 39.5. The van der Waals surface area contributed by atoms with Gasteiger partial charge in [0.2, 0.25) is 0 Å². The van der Waals surface area contributed by atoms with Crippen LogP contribution in [0.25, 0.3) is 10.8 Å². The molecule has 0 fully saturated rings. The minimum absolute atomic E-state index is 0.198. The van der Waals surface area contributed by atoms with E-state index >= 15 is 0 Å². The zero-order valence-electron chi connectivity index (χ0n) is 26.5. The topological polar surface area (TPSA) is 185 Å². The van der Waals surface area contributed by atoms with Gasteiger partial charge in [-0.25, -0.2) is 0 Å². The average Bonchev–Trinajstić information content (AvgIpc) is 3.08. The van der Waals surface area contributed by atoms with Crippen LogP contribution in [-0.4, -0.2) is 29.0 Å². The number of fused-ring (bicyclic) bond motifs is 1. The van der Waals surface area contributed by atoms with Crippen LogP contribution in [0.3, 0.4) is 0 Å². The molecule has 1 amide bonds. The Balaban J connectivity index is 0.000000204. The molecule has 5 aromatic carbocycles. The first kappa shape index (κ1) is 36.1. The van der Waals surface area contributed by atoms with Gasteiger partial charge in [0.25, 0.3) is 5.91 Å². The molecular formula is C38H41N3O6. The summed E-state index contributed by atoms with van der Waals surface area (Å²) < 4.78 is 0. The number of amides is 1. The van der Waals surface area contributed by atoms with Crippen LogP contribution in [0, 0.1) is 6.92 Å². The third-order valence-corrected chi connectivity index (χ3v) is 7.47. The van der Waals surface area contributed by atoms with E-state index in [2.05, 4.69) is 41.0 Å². The van der Waals surface area contributed by atoms with E-state index in [0.717, 1.165) is 16.3 Å². The lowest BCUT2D eigenvalue weighted by molar-refractivity contribution is -0.540. The SMILES string of the molecule is Cc1ccc([C@@H](C)O)cc1.O=C([O-])C[C@H](NC(=O)c1ccc2ccccc2c1)C(=O)[O-].[NH3+][C@H](c1ccccc1)[C@@H]([NH3+])c1ccccc1. The zero-order valence-corrected chi connectivity index (χ0v) is 26.5. The normalized spacial score (nSPS) is 13.0. The number of carboxylic acids is 2. The van der Waals surface area contributed by atoms with Crippen molar-refractivity contribution in [2.45, 2.75) is 44.5 Å². The Morgan fingerprint density at radius 1 is 0.681 bits per heavy atom. The Bertz CT molecular complexity index is 1680. The van der Waals surface area contributed by atoms with Crippen molar-refractivity contribution in [1.29, 1.82) is 0 Å². The largest absolute Gasteiger partial charge is 0.550 e. The Morgan fingerprint density at radius 2 is 1.17 bits per heavy atom. The van der Waals surface area contributed by atoms with Crippen molar-refractivity contribution in [2.24, 2.45) is 0 Å². The Hall–Kier alpha value is -5.35. The number of carbonyl (C=O) groups is 3. The predicted molar refractivity (Wildman–Crippen MR) is 176 cm³/mol. The first-order valence-electron chi connectivity index (χ1n) is 15.2. The molecule has 9 heteroatoms. The van der Waals surface area contributed by atoms with Gasteiger partial charge in [-0.1, -0.05) is 121 Å². The van der Waals surface area contributed by atoms with E-state index in [1.807, 2.05) is 91.9 Å². The third kappa shape index (κ3) is 11.5. The van der Waals surface area contributed by atoms with Crippen molar-refractivity contribution in [3.05, 3.63) is 155 Å². The maximum Gasteiger partial charge on any atom is 0.251 e. The standard InChI is InChI=1S/C15H13NO5.C14H16N2.C9H12O/c17-13(18)8-12(15(20)21)16-14(19)11-6-5-9-3-1-2-4-10(9)7-11;15-13(11-7-3-1-4-8-11)14(16)12-9-5-2-6-10-12;1-7-3-5-9(6-4-7)8(2)10/h1-7,12H,8H2,(H,16,19)(H,17,18)(H,20,21);1-10,13-14H,15-16H2;3-6,8,10H,1-2H3/t12-;13-,14+;8-/m0.1/s1. The summed E-state index contributed by atoms with van der Waals surface area (Å²) in [5, 5.41) is 34.2. The van der Waals surface area contributed by atoms with Gasteiger partial charge < -0.3 is 41.7 Å². The van der Waals surface area contributed by atoms with Crippen LogP contribution in [0.2, 0.25) is 0 Å². The third-order valence-electron chi connectivity index (χ3n) is 7.47. The number of rotatable bonds is 9. The minimum atomic E-state index is -1.67. The maximum atomic E-state index is 12.0. The number of carboxylic acid groups (broad SMARTS) is 2. The van der Waals surface area contributed by atoms with E-state index in [0.29, 0.717) is 0 Å². The summed E-state index contributed by atoms with van der Waals surface area (Å²) in [5.41, 5.74) is 13.4. The molecule has 4 atom stereocenters. The maximum absolute atomic E-state index is 12.0. The van der Waals surface area contributed by atoms with Gasteiger partial charge in [-0.3, -0.25) is 4.79 Å². The summed E-state index contributed by atoms with van der Waals surface area (Å²) >= 11 is 0. The van der Waals surface area contributed by atoms with E-state index in [1.54, 1.807) is 19.1 Å². The molecule has 5 aromatic rings. The Labute approximate surface area is 274 Å². The summed E-state index contributed by atoms with van der Waals surface area (Å²) in [5.74, 6) is -3.94. The molecule has 0 saturated carbocycles. The first-order chi connectivity index (χ1) is 22.5. The number of carbonyl (C=O) groups excluding carboxylic acids is 3. The molecule has 0 aromatic heterocycles. The smallest absolute Gasteiger partial charge is 0.251 e. The Morgan fingerprint density at radius 3 is 1.64 bits per heavy atom. The second kappa shape index (κ2) is 18.0. The number of hydrogen-bond acceptors (Lipinski definition) is 6.